The summed E-state index contributed by atoms with van der Waals surface area (Å²) in [5.74, 6) is 2.29. The maximum Gasteiger partial charge on any atom is 0.224 e. The van der Waals surface area contributed by atoms with Crippen LogP contribution in [0, 0.1) is 6.92 Å². The Morgan fingerprint density at radius 3 is 2.52 bits per heavy atom. The topological polar surface area (TPSA) is 59.1 Å². The SMILES string of the molecule is COc1cccc(CCNc2nc(C)cc(Nc3ccccc3C(C)(C)C)n2)c1. The number of para-hydroxylation sites is 1. The summed E-state index contributed by atoms with van der Waals surface area (Å²) in [6.07, 6.45) is 0.865. The molecule has 0 fully saturated rings. The van der Waals surface area contributed by atoms with Crippen molar-refractivity contribution in [2.45, 2.75) is 39.5 Å². The molecule has 0 saturated carbocycles. The van der Waals surface area contributed by atoms with E-state index in [4.69, 9.17) is 4.74 Å². The van der Waals surface area contributed by atoms with E-state index < -0.39 is 0 Å². The molecule has 0 radical (unpaired) electrons. The van der Waals surface area contributed by atoms with Crippen LogP contribution in [0.3, 0.4) is 0 Å². The zero-order valence-corrected chi connectivity index (χ0v) is 17.9. The van der Waals surface area contributed by atoms with Gasteiger partial charge in [-0.2, -0.15) is 4.98 Å². The van der Waals surface area contributed by atoms with Crippen molar-refractivity contribution in [3.05, 3.63) is 71.4 Å². The van der Waals surface area contributed by atoms with Crippen LogP contribution < -0.4 is 15.4 Å². The fraction of sp³-hybridized carbons (Fsp3) is 0.333. The summed E-state index contributed by atoms with van der Waals surface area (Å²) in [6, 6.07) is 18.4. The minimum Gasteiger partial charge on any atom is -0.497 e. The second-order valence-corrected chi connectivity index (χ2v) is 8.17. The predicted molar refractivity (Wildman–Crippen MR) is 120 cm³/mol. The van der Waals surface area contributed by atoms with E-state index >= 15 is 0 Å². The van der Waals surface area contributed by atoms with Gasteiger partial charge in [-0.15, -0.1) is 0 Å². The van der Waals surface area contributed by atoms with Gasteiger partial charge in [-0.05, 0) is 48.1 Å². The van der Waals surface area contributed by atoms with Crippen molar-refractivity contribution in [3.8, 4) is 5.75 Å². The molecule has 0 amide bonds. The van der Waals surface area contributed by atoms with E-state index in [1.165, 1.54) is 11.1 Å². The Morgan fingerprint density at radius 2 is 1.76 bits per heavy atom. The van der Waals surface area contributed by atoms with Gasteiger partial charge in [0.1, 0.15) is 11.6 Å². The zero-order chi connectivity index (χ0) is 20.9. The standard InChI is InChI=1S/C24H30N4O/c1-17-15-22(27-21-12-7-6-11-20(21)24(2,3)4)28-23(26-17)25-14-13-18-9-8-10-19(16-18)29-5/h6-12,15-16H,13-14H2,1-5H3,(H2,25,26,27,28). The predicted octanol–water partition coefficient (Wildman–Crippen LogP) is 5.49. The number of ether oxygens (including phenoxy) is 1. The molecule has 0 unspecified atom stereocenters. The largest absolute Gasteiger partial charge is 0.497 e. The van der Waals surface area contributed by atoms with Crippen molar-refractivity contribution >= 4 is 17.5 Å². The number of rotatable bonds is 7. The van der Waals surface area contributed by atoms with Gasteiger partial charge in [0.15, 0.2) is 0 Å². The average molecular weight is 391 g/mol. The van der Waals surface area contributed by atoms with Gasteiger partial charge in [0.25, 0.3) is 0 Å². The van der Waals surface area contributed by atoms with Gasteiger partial charge >= 0.3 is 0 Å². The second kappa shape index (κ2) is 8.95. The highest BCUT2D eigenvalue weighted by Crippen LogP contribution is 2.31. The van der Waals surface area contributed by atoms with Crippen LogP contribution in [0.15, 0.2) is 54.6 Å². The van der Waals surface area contributed by atoms with Crippen molar-refractivity contribution in [1.29, 1.82) is 0 Å². The van der Waals surface area contributed by atoms with Gasteiger partial charge in [0.05, 0.1) is 7.11 Å². The van der Waals surface area contributed by atoms with Gasteiger partial charge in [-0.3, -0.25) is 0 Å². The monoisotopic (exact) mass is 390 g/mol. The fourth-order valence-electron chi connectivity index (χ4n) is 3.24. The van der Waals surface area contributed by atoms with Crippen LogP contribution in [0.1, 0.15) is 37.6 Å². The minimum absolute atomic E-state index is 0.0451. The third kappa shape index (κ3) is 5.70. The molecule has 1 heterocycles. The maximum absolute atomic E-state index is 5.29. The number of nitrogens with zero attached hydrogens (tertiary/aromatic N) is 2. The van der Waals surface area contributed by atoms with Gasteiger partial charge in [0, 0.05) is 24.0 Å². The normalized spacial score (nSPS) is 11.2. The lowest BCUT2D eigenvalue weighted by Gasteiger charge is -2.23. The molecule has 3 rings (SSSR count). The molecule has 0 saturated heterocycles. The minimum atomic E-state index is 0.0451. The van der Waals surface area contributed by atoms with Crippen LogP contribution >= 0.6 is 0 Å². The van der Waals surface area contributed by atoms with Gasteiger partial charge in [-0.25, -0.2) is 4.98 Å². The van der Waals surface area contributed by atoms with Crippen LogP contribution in [0.5, 0.6) is 5.75 Å². The molecule has 2 N–H and O–H groups in total. The second-order valence-electron chi connectivity index (χ2n) is 8.17. The Hall–Kier alpha value is -3.08. The molecule has 5 heteroatoms. The summed E-state index contributed by atoms with van der Waals surface area (Å²) in [5.41, 5.74) is 4.49. The van der Waals surface area contributed by atoms with E-state index in [0.717, 1.165) is 35.9 Å². The summed E-state index contributed by atoms with van der Waals surface area (Å²) >= 11 is 0. The Kier molecular flexibility index (Phi) is 6.37. The number of hydrogen-bond donors (Lipinski definition) is 2. The summed E-state index contributed by atoms with van der Waals surface area (Å²) in [5, 5.41) is 6.82. The summed E-state index contributed by atoms with van der Waals surface area (Å²) in [4.78, 5) is 9.18. The third-order valence-corrected chi connectivity index (χ3v) is 4.68. The smallest absolute Gasteiger partial charge is 0.224 e. The highest BCUT2D eigenvalue weighted by Gasteiger charge is 2.17. The number of anilines is 3. The molecule has 0 bridgehead atoms. The summed E-state index contributed by atoms with van der Waals surface area (Å²) in [7, 11) is 1.68. The molecule has 0 aliphatic carbocycles. The van der Waals surface area contributed by atoms with Crippen molar-refractivity contribution in [3.63, 3.8) is 0 Å². The van der Waals surface area contributed by atoms with E-state index in [2.05, 4.69) is 71.7 Å². The van der Waals surface area contributed by atoms with Crippen LogP contribution in [0.4, 0.5) is 17.5 Å². The number of aromatic nitrogens is 2. The molecule has 29 heavy (non-hydrogen) atoms. The third-order valence-electron chi connectivity index (χ3n) is 4.68. The first-order valence-corrected chi connectivity index (χ1v) is 9.94. The number of hydrogen-bond acceptors (Lipinski definition) is 5. The Balaban J connectivity index is 1.70. The molecule has 2 aromatic carbocycles. The van der Waals surface area contributed by atoms with Crippen molar-refractivity contribution in [2.24, 2.45) is 0 Å². The van der Waals surface area contributed by atoms with Crippen LogP contribution in [-0.2, 0) is 11.8 Å². The lowest BCUT2D eigenvalue weighted by molar-refractivity contribution is 0.414. The highest BCUT2D eigenvalue weighted by atomic mass is 16.5. The first kappa shape index (κ1) is 20.6. The Bertz CT molecular complexity index is 963. The van der Waals surface area contributed by atoms with Crippen molar-refractivity contribution < 1.29 is 4.74 Å². The van der Waals surface area contributed by atoms with E-state index in [0.29, 0.717) is 5.95 Å². The highest BCUT2D eigenvalue weighted by molar-refractivity contribution is 5.63. The van der Waals surface area contributed by atoms with Crippen LogP contribution in [0.25, 0.3) is 0 Å². The quantitative estimate of drug-likeness (QED) is 0.559. The lowest BCUT2D eigenvalue weighted by Crippen LogP contribution is -2.14. The number of aryl methyl sites for hydroxylation is 1. The van der Waals surface area contributed by atoms with E-state index in [1.54, 1.807) is 7.11 Å². The molecule has 3 aromatic rings. The van der Waals surface area contributed by atoms with Crippen LogP contribution in [0.2, 0.25) is 0 Å². The lowest BCUT2D eigenvalue weighted by atomic mass is 9.86. The maximum atomic E-state index is 5.29. The van der Waals surface area contributed by atoms with Crippen molar-refractivity contribution in [1.82, 2.24) is 9.97 Å². The van der Waals surface area contributed by atoms with Gasteiger partial charge in [0.2, 0.25) is 5.95 Å². The van der Waals surface area contributed by atoms with Gasteiger partial charge < -0.3 is 15.4 Å². The molecule has 0 atom stereocenters. The molecular formula is C24H30N4O. The van der Waals surface area contributed by atoms with E-state index in [1.807, 2.05) is 31.2 Å². The molecule has 5 nitrogen and oxygen atoms in total. The summed E-state index contributed by atoms with van der Waals surface area (Å²) < 4.78 is 5.29. The number of methoxy groups -OCH3 is 1. The fourth-order valence-corrected chi connectivity index (χ4v) is 3.24. The first-order chi connectivity index (χ1) is 13.8. The van der Waals surface area contributed by atoms with Gasteiger partial charge in [-0.1, -0.05) is 51.1 Å². The first-order valence-electron chi connectivity index (χ1n) is 9.94. The van der Waals surface area contributed by atoms with Crippen LogP contribution in [-0.4, -0.2) is 23.6 Å². The molecule has 0 aliphatic heterocycles. The molecule has 152 valence electrons. The summed E-state index contributed by atoms with van der Waals surface area (Å²) in [6.45, 7) is 9.36. The van der Waals surface area contributed by atoms with E-state index in [-0.39, 0.29) is 5.41 Å². The average Bonchev–Trinajstić information content (AvgIpc) is 2.67. The number of benzene rings is 2. The Labute approximate surface area is 173 Å². The Morgan fingerprint density at radius 1 is 0.966 bits per heavy atom. The molecule has 0 aliphatic rings. The zero-order valence-electron chi connectivity index (χ0n) is 17.9. The molecular weight excluding hydrogens is 360 g/mol. The molecule has 0 spiro atoms. The van der Waals surface area contributed by atoms with E-state index in [9.17, 15) is 0 Å². The van der Waals surface area contributed by atoms with Crippen molar-refractivity contribution in [2.75, 3.05) is 24.3 Å². The molecule has 1 aromatic heterocycles. The number of nitrogens with one attached hydrogen (secondary N) is 2.